The van der Waals surface area contributed by atoms with Gasteiger partial charge in [0.05, 0.1) is 10.5 Å². The van der Waals surface area contributed by atoms with Crippen LogP contribution in [0.25, 0.3) is 0 Å². The van der Waals surface area contributed by atoms with E-state index < -0.39 is 21.8 Å². The minimum atomic E-state index is -2.46. The smallest absolute Gasteiger partial charge is 0.397 e. The molecule has 2 unspecified atom stereocenters. The summed E-state index contributed by atoms with van der Waals surface area (Å²) in [6, 6.07) is 12.7. The van der Waals surface area contributed by atoms with Gasteiger partial charge in [-0.2, -0.15) is 0 Å². The molecule has 0 spiro atoms. The molecular weight excluding hydrogens is 329 g/mol. The van der Waals surface area contributed by atoms with Crippen molar-refractivity contribution in [1.82, 2.24) is 0 Å². The number of hydrogen-bond donors (Lipinski definition) is 0. The van der Waals surface area contributed by atoms with Gasteiger partial charge in [0.2, 0.25) is 6.10 Å². The minimum absolute atomic E-state index is 0.0810. The number of hydrogen-bond acceptors (Lipinski definition) is 4. The number of ketones is 1. The van der Waals surface area contributed by atoms with Crippen molar-refractivity contribution in [3.63, 3.8) is 0 Å². The molecule has 0 bridgehead atoms. The summed E-state index contributed by atoms with van der Waals surface area (Å²) in [6.45, 7) is 0. The van der Waals surface area contributed by atoms with Crippen LogP contribution in [-0.4, -0.2) is 15.7 Å². The number of ether oxygens (including phenoxy) is 1. The van der Waals surface area contributed by atoms with Crippen LogP contribution < -0.4 is 4.74 Å². The van der Waals surface area contributed by atoms with E-state index in [1.807, 2.05) is 0 Å². The van der Waals surface area contributed by atoms with Crippen molar-refractivity contribution in [2.24, 2.45) is 0 Å². The quantitative estimate of drug-likeness (QED) is 0.361. The second-order valence-corrected chi connectivity index (χ2v) is 5.76. The number of nitro groups is 1. The highest BCUT2D eigenvalue weighted by atomic mass is 35.5. The van der Waals surface area contributed by atoms with Crippen molar-refractivity contribution in [3.8, 4) is 5.75 Å². The second-order valence-electron chi connectivity index (χ2n) is 4.78. The molecule has 2 atom stereocenters. The van der Waals surface area contributed by atoms with E-state index in [-0.39, 0.29) is 16.3 Å². The third-order valence-electron chi connectivity index (χ3n) is 3.50. The Balaban J connectivity index is 2.23. The highest BCUT2D eigenvalue weighted by molar-refractivity contribution is 6.38. The molecular formula is C15H9Cl2NO4. The molecule has 0 radical (unpaired) electrons. The van der Waals surface area contributed by atoms with E-state index in [2.05, 4.69) is 0 Å². The fourth-order valence-corrected chi connectivity index (χ4v) is 2.90. The van der Waals surface area contributed by atoms with Crippen LogP contribution >= 0.6 is 23.2 Å². The first-order valence-electron chi connectivity index (χ1n) is 6.34. The lowest BCUT2D eigenvalue weighted by molar-refractivity contribution is -0.536. The number of carbonyl (C=O) groups excluding carboxylic acids is 1. The summed E-state index contributed by atoms with van der Waals surface area (Å²) >= 11 is 12.2. The molecule has 0 amide bonds. The van der Waals surface area contributed by atoms with Gasteiger partial charge in [-0.15, -0.1) is 0 Å². The van der Waals surface area contributed by atoms with Crippen LogP contribution in [0.2, 0.25) is 5.02 Å². The monoisotopic (exact) mass is 337 g/mol. The van der Waals surface area contributed by atoms with Crippen molar-refractivity contribution in [2.45, 2.75) is 11.1 Å². The first-order valence-corrected chi connectivity index (χ1v) is 7.10. The number of para-hydroxylation sites is 1. The van der Waals surface area contributed by atoms with E-state index in [1.165, 1.54) is 6.07 Å². The Bertz CT molecular complexity index is 780. The zero-order valence-electron chi connectivity index (χ0n) is 11.0. The van der Waals surface area contributed by atoms with Crippen LogP contribution in [0.15, 0.2) is 48.5 Å². The number of halogens is 2. The van der Waals surface area contributed by atoms with Crippen molar-refractivity contribution >= 4 is 29.0 Å². The molecule has 2 aromatic carbocycles. The van der Waals surface area contributed by atoms with Crippen LogP contribution in [0.5, 0.6) is 5.75 Å². The molecule has 22 heavy (non-hydrogen) atoms. The number of alkyl halides is 1. The highest BCUT2D eigenvalue weighted by Crippen LogP contribution is 2.46. The predicted molar refractivity (Wildman–Crippen MR) is 81.2 cm³/mol. The average Bonchev–Trinajstić information content (AvgIpc) is 2.51. The summed E-state index contributed by atoms with van der Waals surface area (Å²) in [5.41, 5.74) is 0.372. The normalized spacial score (nSPS) is 23.5. The lowest BCUT2D eigenvalue weighted by atomic mass is 9.91. The Kier molecular flexibility index (Phi) is 3.54. The molecule has 0 aromatic heterocycles. The SMILES string of the molecule is O=C1c2ccccc2OC(c2ccccc2Cl)C1(Cl)[N+](=O)[O-]. The molecule has 112 valence electrons. The van der Waals surface area contributed by atoms with Gasteiger partial charge in [-0.1, -0.05) is 41.9 Å². The van der Waals surface area contributed by atoms with Crippen LogP contribution in [0.4, 0.5) is 0 Å². The standard InChI is InChI=1S/C15H9Cl2NO4/c16-11-7-3-1-5-9(11)14-15(17,18(20)21)13(19)10-6-2-4-8-12(10)22-14/h1-8,14H. The Morgan fingerprint density at radius 3 is 2.45 bits per heavy atom. The largest absolute Gasteiger partial charge is 0.475 e. The maximum absolute atomic E-state index is 12.6. The van der Waals surface area contributed by atoms with Gasteiger partial charge in [0, 0.05) is 10.6 Å². The average molecular weight is 338 g/mol. The van der Waals surface area contributed by atoms with Gasteiger partial charge in [-0.05, 0) is 29.8 Å². The maximum Gasteiger partial charge on any atom is 0.397 e. The molecule has 5 nitrogen and oxygen atoms in total. The first-order chi connectivity index (χ1) is 10.5. The van der Waals surface area contributed by atoms with E-state index in [0.29, 0.717) is 5.56 Å². The first kappa shape index (κ1) is 14.8. The third kappa shape index (κ3) is 2.05. The molecule has 1 aliphatic rings. The van der Waals surface area contributed by atoms with Gasteiger partial charge >= 0.3 is 5.00 Å². The van der Waals surface area contributed by atoms with Gasteiger partial charge in [0.15, 0.2) is 0 Å². The molecule has 0 saturated carbocycles. The number of carbonyl (C=O) groups is 1. The number of rotatable bonds is 2. The molecule has 0 saturated heterocycles. The lowest BCUT2D eigenvalue weighted by Gasteiger charge is -2.32. The molecule has 7 heteroatoms. The topological polar surface area (TPSA) is 69.4 Å². The number of fused-ring (bicyclic) bond motifs is 1. The van der Waals surface area contributed by atoms with Crippen molar-refractivity contribution < 1.29 is 14.5 Å². The Hall–Kier alpha value is -2.11. The van der Waals surface area contributed by atoms with Gasteiger partial charge in [0.25, 0.3) is 5.78 Å². The molecule has 3 rings (SSSR count). The van der Waals surface area contributed by atoms with Crippen LogP contribution in [0, 0.1) is 10.1 Å². The van der Waals surface area contributed by atoms with E-state index in [4.69, 9.17) is 27.9 Å². The van der Waals surface area contributed by atoms with Crippen molar-refractivity contribution in [1.29, 1.82) is 0 Å². The van der Waals surface area contributed by atoms with E-state index in [0.717, 1.165) is 0 Å². The van der Waals surface area contributed by atoms with Crippen LogP contribution in [-0.2, 0) is 0 Å². The van der Waals surface area contributed by atoms with Crippen molar-refractivity contribution in [3.05, 3.63) is 74.8 Å². The summed E-state index contributed by atoms with van der Waals surface area (Å²) in [7, 11) is 0. The Labute approximate surface area is 135 Å². The zero-order chi connectivity index (χ0) is 15.9. The summed E-state index contributed by atoms with van der Waals surface area (Å²) in [6.07, 6.45) is -1.32. The summed E-state index contributed by atoms with van der Waals surface area (Å²) in [5, 5.41) is 11.8. The fourth-order valence-electron chi connectivity index (χ4n) is 2.41. The number of Topliss-reactive ketones (excluding diaryl/α,β-unsaturated/α-hetero) is 1. The Morgan fingerprint density at radius 1 is 1.14 bits per heavy atom. The second kappa shape index (κ2) is 5.26. The third-order valence-corrected chi connectivity index (χ3v) is 4.35. The molecule has 1 heterocycles. The summed E-state index contributed by atoms with van der Waals surface area (Å²) < 4.78 is 5.67. The van der Waals surface area contributed by atoms with Gasteiger partial charge in [0.1, 0.15) is 5.75 Å². The van der Waals surface area contributed by atoms with E-state index >= 15 is 0 Å². The van der Waals surface area contributed by atoms with Crippen molar-refractivity contribution in [2.75, 3.05) is 0 Å². The minimum Gasteiger partial charge on any atom is -0.475 e. The van der Waals surface area contributed by atoms with Crippen LogP contribution in [0.1, 0.15) is 22.0 Å². The van der Waals surface area contributed by atoms with Gasteiger partial charge < -0.3 is 4.74 Å². The number of nitrogens with zero attached hydrogens (tertiary/aromatic N) is 1. The van der Waals surface area contributed by atoms with Gasteiger partial charge in [-0.25, -0.2) is 0 Å². The summed E-state index contributed by atoms with van der Waals surface area (Å²) in [4.78, 5) is 20.8. The van der Waals surface area contributed by atoms with Gasteiger partial charge in [-0.3, -0.25) is 14.9 Å². The zero-order valence-corrected chi connectivity index (χ0v) is 12.5. The molecule has 0 aliphatic carbocycles. The number of benzene rings is 2. The summed E-state index contributed by atoms with van der Waals surface area (Å²) in [5.74, 6) is -0.568. The molecule has 2 aromatic rings. The highest BCUT2D eigenvalue weighted by Gasteiger charge is 2.62. The molecule has 1 aliphatic heterocycles. The molecule has 0 fully saturated rings. The van der Waals surface area contributed by atoms with E-state index in [9.17, 15) is 14.9 Å². The predicted octanol–water partition coefficient (Wildman–Crippen LogP) is 3.87. The molecule has 0 N–H and O–H groups in total. The van der Waals surface area contributed by atoms with E-state index in [1.54, 1.807) is 42.5 Å². The Morgan fingerprint density at radius 2 is 1.77 bits per heavy atom. The van der Waals surface area contributed by atoms with Crippen LogP contribution in [0.3, 0.4) is 0 Å². The fraction of sp³-hybridized carbons (Fsp3) is 0.133. The maximum atomic E-state index is 12.6. The lowest BCUT2D eigenvalue weighted by Crippen LogP contribution is -2.51.